The van der Waals surface area contributed by atoms with E-state index in [1.807, 2.05) is 6.92 Å². The summed E-state index contributed by atoms with van der Waals surface area (Å²) >= 11 is 0. The molecular formula is C13H19FN2O2. The third kappa shape index (κ3) is 2.53. The molecule has 2 N–H and O–H groups in total. The Morgan fingerprint density at radius 2 is 2.28 bits per heavy atom. The van der Waals surface area contributed by atoms with Crippen LogP contribution < -0.4 is 5.73 Å². The summed E-state index contributed by atoms with van der Waals surface area (Å²) in [7, 11) is 0. The maximum absolute atomic E-state index is 13.8. The number of nitrogens with zero attached hydrogens (tertiary/aromatic N) is 1. The molecule has 2 heterocycles. The molecule has 1 aliphatic rings. The summed E-state index contributed by atoms with van der Waals surface area (Å²) in [5.41, 5.74) is 6.17. The number of aromatic nitrogens is 1. The average molecular weight is 254 g/mol. The minimum atomic E-state index is -0.533. The van der Waals surface area contributed by atoms with Crippen molar-refractivity contribution in [3.8, 4) is 0 Å². The van der Waals surface area contributed by atoms with Gasteiger partial charge in [0.15, 0.2) is 0 Å². The average Bonchev–Trinajstić information content (AvgIpc) is 2.40. The maximum Gasteiger partial charge on any atom is 0.146 e. The largest absolute Gasteiger partial charge is 0.381 e. The van der Waals surface area contributed by atoms with Crippen LogP contribution in [0.3, 0.4) is 0 Å². The van der Waals surface area contributed by atoms with Gasteiger partial charge < -0.3 is 15.2 Å². The van der Waals surface area contributed by atoms with Crippen molar-refractivity contribution in [2.75, 3.05) is 19.8 Å². The molecule has 2 rings (SSSR count). The van der Waals surface area contributed by atoms with Crippen molar-refractivity contribution in [3.05, 3.63) is 29.8 Å². The Hall–Kier alpha value is -1.04. The van der Waals surface area contributed by atoms with E-state index in [9.17, 15) is 4.39 Å². The van der Waals surface area contributed by atoms with Crippen molar-refractivity contribution in [2.24, 2.45) is 5.73 Å². The van der Waals surface area contributed by atoms with Gasteiger partial charge in [-0.05, 0) is 13.0 Å². The molecule has 1 aliphatic heterocycles. The van der Waals surface area contributed by atoms with Crippen LogP contribution in [0, 0.1) is 5.82 Å². The highest BCUT2D eigenvalue weighted by molar-refractivity contribution is 5.21. The first-order valence-electron chi connectivity index (χ1n) is 6.26. The number of pyridine rings is 1. The van der Waals surface area contributed by atoms with Gasteiger partial charge in [-0.2, -0.15) is 0 Å². The molecule has 5 heteroatoms. The summed E-state index contributed by atoms with van der Waals surface area (Å²) in [4.78, 5) is 3.75. The monoisotopic (exact) mass is 254 g/mol. The molecule has 0 bridgehead atoms. The topological polar surface area (TPSA) is 57.4 Å². The summed E-state index contributed by atoms with van der Waals surface area (Å²) in [5.74, 6) is -0.379. The molecule has 1 unspecified atom stereocenters. The van der Waals surface area contributed by atoms with E-state index in [4.69, 9.17) is 15.2 Å². The molecule has 4 nitrogen and oxygen atoms in total. The van der Waals surface area contributed by atoms with E-state index in [0.29, 0.717) is 38.2 Å². The fourth-order valence-electron chi connectivity index (χ4n) is 2.47. The van der Waals surface area contributed by atoms with Gasteiger partial charge in [0.1, 0.15) is 5.82 Å². The van der Waals surface area contributed by atoms with Crippen LogP contribution in [0.15, 0.2) is 18.5 Å². The third-order valence-electron chi connectivity index (χ3n) is 3.48. The summed E-state index contributed by atoms with van der Waals surface area (Å²) in [6, 6.07) is 1.13. The lowest BCUT2D eigenvalue weighted by Gasteiger charge is -2.41. The van der Waals surface area contributed by atoms with Gasteiger partial charge in [0.05, 0.1) is 17.8 Å². The standard InChI is InChI=1S/C13H19FN2O2/c1-2-18-13(4-7-17-8-5-13)12(15)10-3-6-16-9-11(10)14/h3,6,9,12H,2,4-5,7-8,15H2,1H3. The highest BCUT2D eigenvalue weighted by Gasteiger charge is 2.41. The quantitative estimate of drug-likeness (QED) is 0.890. The zero-order valence-corrected chi connectivity index (χ0v) is 10.6. The van der Waals surface area contributed by atoms with Gasteiger partial charge in [0.2, 0.25) is 0 Å². The minimum Gasteiger partial charge on any atom is -0.381 e. The van der Waals surface area contributed by atoms with Gasteiger partial charge in [0, 0.05) is 44.4 Å². The molecule has 100 valence electrons. The SMILES string of the molecule is CCOC1(C(N)c2ccncc2F)CCOCC1. The second kappa shape index (κ2) is 5.73. The molecule has 1 saturated heterocycles. The van der Waals surface area contributed by atoms with E-state index in [-0.39, 0.29) is 5.82 Å². The van der Waals surface area contributed by atoms with Gasteiger partial charge in [-0.3, -0.25) is 4.98 Å². The van der Waals surface area contributed by atoms with Crippen LogP contribution in [0.25, 0.3) is 0 Å². The smallest absolute Gasteiger partial charge is 0.146 e. The fraction of sp³-hybridized carbons (Fsp3) is 0.615. The molecule has 1 fully saturated rings. The van der Waals surface area contributed by atoms with Crippen molar-refractivity contribution in [1.29, 1.82) is 0 Å². The number of rotatable bonds is 4. The van der Waals surface area contributed by atoms with Gasteiger partial charge in [-0.1, -0.05) is 0 Å². The summed E-state index contributed by atoms with van der Waals surface area (Å²) < 4.78 is 25.0. The zero-order chi connectivity index (χ0) is 13.0. The highest BCUT2D eigenvalue weighted by Crippen LogP contribution is 2.36. The molecule has 0 radical (unpaired) electrons. The Morgan fingerprint density at radius 3 is 2.89 bits per heavy atom. The van der Waals surface area contributed by atoms with E-state index in [2.05, 4.69) is 4.98 Å². The fourth-order valence-corrected chi connectivity index (χ4v) is 2.47. The van der Waals surface area contributed by atoms with Crippen LogP contribution in [0.5, 0.6) is 0 Å². The van der Waals surface area contributed by atoms with Crippen LogP contribution in [0.4, 0.5) is 4.39 Å². The van der Waals surface area contributed by atoms with Gasteiger partial charge in [-0.25, -0.2) is 4.39 Å². The highest BCUT2D eigenvalue weighted by atomic mass is 19.1. The first kappa shape index (κ1) is 13.4. The second-order valence-electron chi connectivity index (χ2n) is 4.49. The zero-order valence-electron chi connectivity index (χ0n) is 10.6. The molecule has 0 aromatic carbocycles. The molecule has 0 aliphatic carbocycles. The number of nitrogens with two attached hydrogens (primary N) is 1. The van der Waals surface area contributed by atoms with Crippen molar-refractivity contribution in [1.82, 2.24) is 4.98 Å². The Balaban J connectivity index is 2.28. The summed E-state index contributed by atoms with van der Waals surface area (Å²) in [5, 5.41) is 0. The van der Waals surface area contributed by atoms with Crippen molar-refractivity contribution >= 4 is 0 Å². The van der Waals surface area contributed by atoms with Crippen molar-refractivity contribution in [2.45, 2.75) is 31.4 Å². The summed E-state index contributed by atoms with van der Waals surface area (Å²) in [6.07, 6.45) is 4.11. The molecule has 1 aromatic rings. The number of halogens is 1. The Kier molecular flexibility index (Phi) is 4.27. The third-order valence-corrected chi connectivity index (χ3v) is 3.48. The van der Waals surface area contributed by atoms with E-state index in [1.165, 1.54) is 6.20 Å². The lowest BCUT2D eigenvalue weighted by atomic mass is 9.82. The predicted molar refractivity (Wildman–Crippen MR) is 65.5 cm³/mol. The molecular weight excluding hydrogens is 235 g/mol. The molecule has 0 saturated carbocycles. The van der Waals surface area contributed by atoms with Crippen LogP contribution in [0.2, 0.25) is 0 Å². The Bertz CT molecular complexity index is 389. The maximum atomic E-state index is 13.8. The minimum absolute atomic E-state index is 0.379. The Labute approximate surface area is 106 Å². The predicted octanol–water partition coefficient (Wildman–Crippen LogP) is 1.81. The lowest BCUT2D eigenvalue weighted by Crippen LogP contribution is -2.48. The molecule has 0 spiro atoms. The van der Waals surface area contributed by atoms with Crippen LogP contribution in [-0.2, 0) is 9.47 Å². The first-order chi connectivity index (χ1) is 8.69. The van der Waals surface area contributed by atoms with Gasteiger partial charge in [0.25, 0.3) is 0 Å². The van der Waals surface area contributed by atoms with Crippen LogP contribution >= 0.6 is 0 Å². The number of hydrogen-bond acceptors (Lipinski definition) is 4. The normalized spacial score (nSPS) is 20.6. The van der Waals surface area contributed by atoms with Crippen molar-refractivity contribution in [3.63, 3.8) is 0 Å². The van der Waals surface area contributed by atoms with Crippen LogP contribution in [0.1, 0.15) is 31.4 Å². The second-order valence-corrected chi connectivity index (χ2v) is 4.49. The Morgan fingerprint density at radius 1 is 1.56 bits per heavy atom. The van der Waals surface area contributed by atoms with Crippen molar-refractivity contribution < 1.29 is 13.9 Å². The van der Waals surface area contributed by atoms with Gasteiger partial charge >= 0.3 is 0 Å². The molecule has 0 amide bonds. The molecule has 1 atom stereocenters. The number of hydrogen-bond donors (Lipinski definition) is 1. The number of ether oxygens (including phenoxy) is 2. The van der Waals surface area contributed by atoms with E-state index in [1.54, 1.807) is 12.3 Å². The van der Waals surface area contributed by atoms with Crippen LogP contribution in [-0.4, -0.2) is 30.4 Å². The lowest BCUT2D eigenvalue weighted by molar-refractivity contribution is -0.122. The first-order valence-corrected chi connectivity index (χ1v) is 6.26. The van der Waals surface area contributed by atoms with E-state index < -0.39 is 11.6 Å². The summed E-state index contributed by atoms with van der Waals surface area (Å²) in [6.45, 7) is 3.67. The molecule has 1 aromatic heterocycles. The van der Waals surface area contributed by atoms with Gasteiger partial charge in [-0.15, -0.1) is 0 Å². The molecule has 18 heavy (non-hydrogen) atoms. The van der Waals surface area contributed by atoms with E-state index in [0.717, 1.165) is 0 Å². The van der Waals surface area contributed by atoms with E-state index >= 15 is 0 Å².